The van der Waals surface area contributed by atoms with E-state index >= 15 is 0 Å². The molecule has 0 heterocycles. The third kappa shape index (κ3) is 4.67. The first-order valence-electron chi connectivity index (χ1n) is 6.97. The lowest BCUT2D eigenvalue weighted by molar-refractivity contribution is 0.215. The molecular formula is C17H20BrNO2. The van der Waals surface area contributed by atoms with Crippen LogP contribution in [0.25, 0.3) is 0 Å². The van der Waals surface area contributed by atoms with Crippen molar-refractivity contribution in [3.8, 4) is 11.5 Å². The van der Waals surface area contributed by atoms with Crippen LogP contribution < -0.4 is 15.2 Å². The molecule has 0 atom stereocenters. The van der Waals surface area contributed by atoms with Crippen LogP contribution in [0.2, 0.25) is 0 Å². The van der Waals surface area contributed by atoms with Crippen molar-refractivity contribution in [2.45, 2.75) is 19.8 Å². The molecule has 0 aromatic heterocycles. The van der Waals surface area contributed by atoms with Crippen LogP contribution in [0.3, 0.4) is 0 Å². The number of rotatable bonds is 6. The van der Waals surface area contributed by atoms with E-state index in [0.29, 0.717) is 24.8 Å². The second-order valence-electron chi connectivity index (χ2n) is 5.11. The molecule has 2 aromatic rings. The Balaban J connectivity index is 1.89. The summed E-state index contributed by atoms with van der Waals surface area (Å²) in [6, 6.07) is 13.5. The van der Waals surface area contributed by atoms with Gasteiger partial charge in [-0.3, -0.25) is 0 Å². The van der Waals surface area contributed by atoms with E-state index in [0.717, 1.165) is 16.0 Å². The summed E-state index contributed by atoms with van der Waals surface area (Å²) in [7, 11) is 0. The van der Waals surface area contributed by atoms with Crippen LogP contribution in [0, 0.1) is 0 Å². The Hall–Kier alpha value is -1.68. The first-order valence-corrected chi connectivity index (χ1v) is 7.76. The van der Waals surface area contributed by atoms with Gasteiger partial charge in [-0.1, -0.05) is 35.8 Å². The van der Waals surface area contributed by atoms with Crippen molar-refractivity contribution in [2.75, 3.05) is 18.9 Å². The minimum atomic E-state index is 0.410. The molecule has 0 radical (unpaired) electrons. The minimum absolute atomic E-state index is 0.410. The van der Waals surface area contributed by atoms with E-state index in [9.17, 15) is 0 Å². The van der Waals surface area contributed by atoms with Gasteiger partial charge in [0.2, 0.25) is 0 Å². The third-order valence-corrected chi connectivity index (χ3v) is 3.55. The molecule has 2 rings (SSSR count). The van der Waals surface area contributed by atoms with Crippen LogP contribution in [0.1, 0.15) is 25.3 Å². The van der Waals surface area contributed by atoms with Gasteiger partial charge in [-0.15, -0.1) is 0 Å². The highest BCUT2D eigenvalue weighted by Gasteiger charge is 2.08. The Morgan fingerprint density at radius 1 is 1.05 bits per heavy atom. The lowest BCUT2D eigenvalue weighted by Gasteiger charge is -2.15. The number of benzene rings is 2. The summed E-state index contributed by atoms with van der Waals surface area (Å²) < 4.78 is 12.5. The Labute approximate surface area is 134 Å². The van der Waals surface area contributed by atoms with Crippen LogP contribution in [0.4, 0.5) is 5.69 Å². The Morgan fingerprint density at radius 3 is 2.52 bits per heavy atom. The Morgan fingerprint density at radius 2 is 1.81 bits per heavy atom. The average Bonchev–Trinajstić information content (AvgIpc) is 2.44. The molecule has 0 amide bonds. The molecule has 0 fully saturated rings. The van der Waals surface area contributed by atoms with Gasteiger partial charge >= 0.3 is 0 Å². The predicted molar refractivity (Wildman–Crippen MR) is 90.1 cm³/mol. The number of anilines is 1. The molecule has 112 valence electrons. The fraction of sp³-hybridized carbons (Fsp3) is 0.294. The maximum absolute atomic E-state index is 5.83. The number of nitrogen functional groups attached to an aromatic ring is 1. The second kappa shape index (κ2) is 7.36. The van der Waals surface area contributed by atoms with Crippen molar-refractivity contribution in [1.82, 2.24) is 0 Å². The number of hydrogen-bond donors (Lipinski definition) is 1. The van der Waals surface area contributed by atoms with Crippen molar-refractivity contribution in [3.05, 3.63) is 52.5 Å². The molecule has 21 heavy (non-hydrogen) atoms. The third-order valence-electron chi connectivity index (χ3n) is 3.06. The molecule has 0 saturated carbocycles. The normalized spacial score (nSPS) is 10.7. The van der Waals surface area contributed by atoms with Gasteiger partial charge in [-0.2, -0.15) is 0 Å². The topological polar surface area (TPSA) is 44.5 Å². The summed E-state index contributed by atoms with van der Waals surface area (Å²) in [6.45, 7) is 5.28. The lowest BCUT2D eigenvalue weighted by Crippen LogP contribution is -2.10. The van der Waals surface area contributed by atoms with Crippen molar-refractivity contribution in [1.29, 1.82) is 0 Å². The van der Waals surface area contributed by atoms with Crippen LogP contribution in [-0.2, 0) is 0 Å². The molecule has 0 saturated heterocycles. The summed E-state index contributed by atoms with van der Waals surface area (Å²) in [5, 5.41) is 0. The zero-order valence-corrected chi connectivity index (χ0v) is 13.9. The first-order chi connectivity index (χ1) is 10.1. The molecular weight excluding hydrogens is 330 g/mol. The van der Waals surface area contributed by atoms with Gasteiger partial charge in [0.05, 0.1) is 0 Å². The van der Waals surface area contributed by atoms with Gasteiger partial charge in [-0.25, -0.2) is 0 Å². The van der Waals surface area contributed by atoms with Crippen molar-refractivity contribution in [3.63, 3.8) is 0 Å². The SMILES string of the molecule is CC(C)c1cc(Br)ccc1OCCOc1cccc(N)c1. The second-order valence-corrected chi connectivity index (χ2v) is 6.02. The zero-order valence-electron chi connectivity index (χ0n) is 12.3. The van der Waals surface area contributed by atoms with E-state index in [1.807, 2.05) is 30.3 Å². The Bertz CT molecular complexity index is 599. The van der Waals surface area contributed by atoms with Gasteiger partial charge in [0.25, 0.3) is 0 Å². The highest BCUT2D eigenvalue weighted by molar-refractivity contribution is 9.10. The highest BCUT2D eigenvalue weighted by Crippen LogP contribution is 2.29. The summed E-state index contributed by atoms with van der Waals surface area (Å²) in [5.74, 6) is 2.08. The highest BCUT2D eigenvalue weighted by atomic mass is 79.9. The monoisotopic (exact) mass is 349 g/mol. The van der Waals surface area contributed by atoms with Crippen LogP contribution in [-0.4, -0.2) is 13.2 Å². The van der Waals surface area contributed by atoms with E-state index in [1.54, 1.807) is 6.07 Å². The summed E-state index contributed by atoms with van der Waals surface area (Å²) in [6.07, 6.45) is 0. The van der Waals surface area contributed by atoms with Crippen molar-refractivity contribution in [2.24, 2.45) is 0 Å². The van der Waals surface area contributed by atoms with E-state index in [1.165, 1.54) is 5.56 Å². The fourth-order valence-corrected chi connectivity index (χ4v) is 2.40. The Kier molecular flexibility index (Phi) is 5.51. The minimum Gasteiger partial charge on any atom is -0.490 e. The molecule has 0 aliphatic heterocycles. The number of halogens is 1. The number of hydrogen-bond acceptors (Lipinski definition) is 3. The van der Waals surface area contributed by atoms with Crippen LogP contribution >= 0.6 is 15.9 Å². The van der Waals surface area contributed by atoms with E-state index < -0.39 is 0 Å². The fourth-order valence-electron chi connectivity index (χ4n) is 2.02. The quantitative estimate of drug-likeness (QED) is 0.611. The van der Waals surface area contributed by atoms with Gasteiger partial charge in [0.1, 0.15) is 24.7 Å². The predicted octanol–water partition coefficient (Wildman–Crippen LogP) is 4.61. The van der Waals surface area contributed by atoms with Gasteiger partial charge < -0.3 is 15.2 Å². The molecule has 2 aromatic carbocycles. The van der Waals surface area contributed by atoms with Crippen LogP contribution in [0.5, 0.6) is 11.5 Å². The summed E-state index contributed by atoms with van der Waals surface area (Å²) >= 11 is 3.49. The van der Waals surface area contributed by atoms with Gasteiger partial charge in [0, 0.05) is 16.2 Å². The van der Waals surface area contributed by atoms with Gasteiger partial charge in [0.15, 0.2) is 0 Å². The van der Waals surface area contributed by atoms with E-state index in [4.69, 9.17) is 15.2 Å². The molecule has 4 heteroatoms. The van der Waals surface area contributed by atoms with Crippen LogP contribution in [0.15, 0.2) is 46.9 Å². The summed E-state index contributed by atoms with van der Waals surface area (Å²) in [4.78, 5) is 0. The zero-order chi connectivity index (χ0) is 15.2. The molecule has 3 nitrogen and oxygen atoms in total. The molecule has 0 spiro atoms. The van der Waals surface area contributed by atoms with Crippen molar-refractivity contribution < 1.29 is 9.47 Å². The smallest absolute Gasteiger partial charge is 0.123 e. The van der Waals surface area contributed by atoms with E-state index in [2.05, 4.69) is 35.8 Å². The summed E-state index contributed by atoms with van der Waals surface area (Å²) in [5.41, 5.74) is 7.59. The standard InChI is InChI=1S/C17H20BrNO2/c1-12(2)16-10-13(18)6-7-17(16)21-9-8-20-15-5-3-4-14(19)11-15/h3-7,10-12H,8-9,19H2,1-2H3. The molecule has 0 bridgehead atoms. The largest absolute Gasteiger partial charge is 0.490 e. The number of nitrogens with two attached hydrogens (primary N) is 1. The first kappa shape index (κ1) is 15.7. The maximum atomic E-state index is 5.83. The average molecular weight is 350 g/mol. The molecule has 0 unspecified atom stereocenters. The maximum Gasteiger partial charge on any atom is 0.123 e. The van der Waals surface area contributed by atoms with Crippen molar-refractivity contribution >= 4 is 21.6 Å². The number of ether oxygens (including phenoxy) is 2. The van der Waals surface area contributed by atoms with Gasteiger partial charge in [-0.05, 0) is 41.8 Å². The van der Waals surface area contributed by atoms with E-state index in [-0.39, 0.29) is 0 Å². The lowest BCUT2D eigenvalue weighted by atomic mass is 10.0. The molecule has 0 aliphatic rings. The molecule has 2 N–H and O–H groups in total. The molecule has 0 aliphatic carbocycles.